The zero-order chi connectivity index (χ0) is 18.9. The minimum absolute atomic E-state index is 0.00837. The first-order valence-electron chi connectivity index (χ1n) is 8.01. The zero-order valence-corrected chi connectivity index (χ0v) is 14.9. The maximum atomic E-state index is 10.8. The highest BCUT2D eigenvalue weighted by molar-refractivity contribution is 5.83. The van der Waals surface area contributed by atoms with E-state index in [1.54, 1.807) is 44.7 Å². The molecule has 1 N–H and O–H groups in total. The minimum Gasteiger partial charge on any atom is -0.493 e. The molecule has 0 heterocycles. The van der Waals surface area contributed by atoms with Gasteiger partial charge in [-0.3, -0.25) is 15.5 Å². The first-order valence-corrected chi connectivity index (χ1v) is 8.01. The summed E-state index contributed by atoms with van der Waals surface area (Å²) in [5.74, 6) is 1.62. The Labute approximate surface area is 151 Å². The van der Waals surface area contributed by atoms with Crippen molar-refractivity contribution >= 4 is 17.6 Å². The number of non-ortho nitro benzene ring substituents is 1. The number of ether oxygens (including phenoxy) is 3. The molecule has 8 heteroatoms. The number of hydrogen-bond donors (Lipinski definition) is 1. The Kier molecular flexibility index (Phi) is 6.78. The lowest BCUT2D eigenvalue weighted by Gasteiger charge is -2.14. The summed E-state index contributed by atoms with van der Waals surface area (Å²) >= 11 is 0. The maximum absolute atomic E-state index is 10.8. The molecule has 138 valence electrons. The van der Waals surface area contributed by atoms with Gasteiger partial charge in [0.25, 0.3) is 5.69 Å². The molecule has 0 amide bonds. The van der Waals surface area contributed by atoms with Crippen molar-refractivity contribution in [1.82, 2.24) is 0 Å². The van der Waals surface area contributed by atoms with Crippen LogP contribution in [0.4, 0.5) is 11.4 Å². The van der Waals surface area contributed by atoms with E-state index >= 15 is 0 Å². The van der Waals surface area contributed by atoms with Crippen molar-refractivity contribution in [2.45, 2.75) is 13.3 Å². The first-order chi connectivity index (χ1) is 12.6. The SMILES string of the molecule is CCCOc1c(OC)cc(C=NNc2cccc([N+](=O)[O-])c2)cc1OC. The summed E-state index contributed by atoms with van der Waals surface area (Å²) in [4.78, 5) is 10.3. The van der Waals surface area contributed by atoms with E-state index in [2.05, 4.69) is 10.5 Å². The van der Waals surface area contributed by atoms with Crippen LogP contribution in [0.5, 0.6) is 17.2 Å². The summed E-state index contributed by atoms with van der Waals surface area (Å²) in [7, 11) is 3.10. The van der Waals surface area contributed by atoms with E-state index in [0.717, 1.165) is 12.0 Å². The Bertz CT molecular complexity index is 767. The zero-order valence-electron chi connectivity index (χ0n) is 14.9. The molecule has 8 nitrogen and oxygen atoms in total. The van der Waals surface area contributed by atoms with Crippen LogP contribution in [0.25, 0.3) is 0 Å². The number of nitro groups is 1. The van der Waals surface area contributed by atoms with Crippen LogP contribution in [-0.2, 0) is 0 Å². The van der Waals surface area contributed by atoms with Crippen LogP contribution >= 0.6 is 0 Å². The number of rotatable bonds is 9. The van der Waals surface area contributed by atoms with Gasteiger partial charge < -0.3 is 14.2 Å². The van der Waals surface area contributed by atoms with Crippen LogP contribution in [0.15, 0.2) is 41.5 Å². The molecule has 0 aliphatic carbocycles. The molecule has 0 bridgehead atoms. The second kappa shape index (κ2) is 9.26. The normalized spacial score (nSPS) is 10.6. The number of hydrogen-bond acceptors (Lipinski definition) is 7. The van der Waals surface area contributed by atoms with Gasteiger partial charge in [-0.2, -0.15) is 5.10 Å². The molecule has 2 aromatic carbocycles. The molecule has 0 aliphatic heterocycles. The Balaban J connectivity index is 2.19. The third-order valence-electron chi connectivity index (χ3n) is 3.40. The number of anilines is 1. The number of nitrogens with one attached hydrogen (secondary N) is 1. The third kappa shape index (κ3) is 4.85. The molecule has 0 aliphatic rings. The summed E-state index contributed by atoms with van der Waals surface area (Å²) in [5, 5.41) is 14.9. The van der Waals surface area contributed by atoms with Gasteiger partial charge in [0.05, 0.1) is 37.7 Å². The number of nitrogens with zero attached hydrogens (tertiary/aromatic N) is 2. The molecule has 26 heavy (non-hydrogen) atoms. The highest BCUT2D eigenvalue weighted by Gasteiger charge is 2.13. The predicted molar refractivity (Wildman–Crippen MR) is 99.6 cm³/mol. The van der Waals surface area contributed by atoms with Crippen molar-refractivity contribution in [3.63, 3.8) is 0 Å². The minimum atomic E-state index is -0.459. The smallest absolute Gasteiger partial charge is 0.271 e. The molecule has 0 radical (unpaired) electrons. The molecular formula is C18H21N3O5. The highest BCUT2D eigenvalue weighted by Crippen LogP contribution is 2.38. The summed E-state index contributed by atoms with van der Waals surface area (Å²) in [6, 6.07) is 9.63. The topological polar surface area (TPSA) is 95.2 Å². The predicted octanol–water partition coefficient (Wildman–Crippen LogP) is 3.85. The Hall–Kier alpha value is -3.29. The van der Waals surface area contributed by atoms with Crippen LogP contribution in [0.3, 0.4) is 0 Å². The van der Waals surface area contributed by atoms with Crippen molar-refractivity contribution in [1.29, 1.82) is 0 Å². The van der Waals surface area contributed by atoms with E-state index in [9.17, 15) is 10.1 Å². The molecule has 0 saturated carbocycles. The van der Waals surface area contributed by atoms with Gasteiger partial charge >= 0.3 is 0 Å². The van der Waals surface area contributed by atoms with Crippen LogP contribution in [-0.4, -0.2) is 32.0 Å². The van der Waals surface area contributed by atoms with Gasteiger partial charge in [-0.15, -0.1) is 0 Å². The van der Waals surface area contributed by atoms with Crippen LogP contribution in [0.1, 0.15) is 18.9 Å². The summed E-state index contributed by atoms with van der Waals surface area (Å²) in [6.45, 7) is 2.56. The number of nitro benzene ring substituents is 1. The van der Waals surface area contributed by atoms with Crippen LogP contribution < -0.4 is 19.6 Å². The molecule has 0 unspecified atom stereocenters. The fourth-order valence-corrected chi connectivity index (χ4v) is 2.19. The fourth-order valence-electron chi connectivity index (χ4n) is 2.19. The van der Waals surface area contributed by atoms with Crippen molar-refractivity contribution in [3.05, 3.63) is 52.1 Å². The molecule has 2 aromatic rings. The largest absolute Gasteiger partial charge is 0.493 e. The summed E-state index contributed by atoms with van der Waals surface area (Å²) in [5.41, 5.74) is 3.99. The van der Waals surface area contributed by atoms with E-state index < -0.39 is 4.92 Å². The van der Waals surface area contributed by atoms with Crippen LogP contribution in [0.2, 0.25) is 0 Å². The lowest BCUT2D eigenvalue weighted by molar-refractivity contribution is -0.384. The van der Waals surface area contributed by atoms with Crippen molar-refractivity contribution in [2.75, 3.05) is 26.3 Å². The van der Waals surface area contributed by atoms with E-state index in [-0.39, 0.29) is 5.69 Å². The number of hydrazone groups is 1. The van der Waals surface area contributed by atoms with Crippen molar-refractivity contribution in [2.24, 2.45) is 5.10 Å². The lowest BCUT2D eigenvalue weighted by Crippen LogP contribution is -2.01. The number of methoxy groups -OCH3 is 2. The summed E-state index contributed by atoms with van der Waals surface area (Å²) < 4.78 is 16.4. The van der Waals surface area contributed by atoms with Gasteiger partial charge in [-0.25, -0.2) is 0 Å². The van der Waals surface area contributed by atoms with Gasteiger partial charge in [-0.1, -0.05) is 13.0 Å². The van der Waals surface area contributed by atoms with Gasteiger partial charge in [0.15, 0.2) is 11.5 Å². The van der Waals surface area contributed by atoms with Gasteiger partial charge in [-0.05, 0) is 24.6 Å². The molecule has 0 fully saturated rings. The summed E-state index contributed by atoms with van der Waals surface area (Å²) in [6.07, 6.45) is 2.43. The van der Waals surface area contributed by atoms with Crippen LogP contribution in [0, 0.1) is 10.1 Å². The molecule has 0 saturated heterocycles. The third-order valence-corrected chi connectivity index (χ3v) is 3.40. The second-order valence-corrected chi connectivity index (χ2v) is 5.28. The molecular weight excluding hydrogens is 338 g/mol. The van der Waals surface area contributed by atoms with E-state index in [1.807, 2.05) is 6.92 Å². The molecule has 0 atom stereocenters. The van der Waals surface area contributed by atoms with Gasteiger partial charge in [0.1, 0.15) is 0 Å². The Morgan fingerprint density at radius 1 is 1.19 bits per heavy atom. The van der Waals surface area contributed by atoms with E-state index in [0.29, 0.717) is 29.5 Å². The standard InChI is InChI=1S/C18H21N3O5/c1-4-8-26-18-16(24-2)9-13(10-17(18)25-3)12-19-20-14-6-5-7-15(11-14)21(22)23/h5-7,9-12,20H,4,8H2,1-3H3. The van der Waals surface area contributed by atoms with E-state index in [1.165, 1.54) is 12.1 Å². The highest BCUT2D eigenvalue weighted by atomic mass is 16.6. The maximum Gasteiger partial charge on any atom is 0.271 e. The monoisotopic (exact) mass is 359 g/mol. The van der Waals surface area contributed by atoms with E-state index in [4.69, 9.17) is 14.2 Å². The average Bonchev–Trinajstić information content (AvgIpc) is 2.66. The fraction of sp³-hybridized carbons (Fsp3) is 0.278. The Morgan fingerprint density at radius 3 is 2.46 bits per heavy atom. The quantitative estimate of drug-likeness (QED) is 0.415. The molecule has 2 rings (SSSR count). The molecule has 0 aromatic heterocycles. The average molecular weight is 359 g/mol. The number of benzene rings is 2. The van der Waals surface area contributed by atoms with Crippen molar-refractivity contribution < 1.29 is 19.1 Å². The van der Waals surface area contributed by atoms with Gasteiger partial charge in [0.2, 0.25) is 5.75 Å². The van der Waals surface area contributed by atoms with Gasteiger partial charge in [0, 0.05) is 17.7 Å². The lowest BCUT2D eigenvalue weighted by atomic mass is 10.2. The Morgan fingerprint density at radius 2 is 1.88 bits per heavy atom. The molecule has 0 spiro atoms. The second-order valence-electron chi connectivity index (χ2n) is 5.28. The first kappa shape index (κ1) is 19.0. The van der Waals surface area contributed by atoms with Crippen molar-refractivity contribution in [3.8, 4) is 17.2 Å².